The highest BCUT2D eigenvalue weighted by Gasteiger charge is 2.26. The van der Waals surface area contributed by atoms with E-state index in [-0.39, 0.29) is 13.0 Å². The summed E-state index contributed by atoms with van der Waals surface area (Å²) in [5.74, 6) is -2.83. The van der Waals surface area contributed by atoms with Gasteiger partial charge in [0, 0.05) is 6.42 Å². The number of aryl methyl sites for hydroxylation is 1. The summed E-state index contributed by atoms with van der Waals surface area (Å²) in [7, 11) is 0. The van der Waals surface area contributed by atoms with Crippen molar-refractivity contribution < 1.29 is 8.78 Å². The molecule has 0 aromatic carbocycles. The molecule has 0 atom stereocenters. The van der Waals surface area contributed by atoms with Crippen molar-refractivity contribution in [1.82, 2.24) is 20.2 Å². The summed E-state index contributed by atoms with van der Waals surface area (Å²) >= 11 is 0. The van der Waals surface area contributed by atoms with Gasteiger partial charge in [-0.05, 0) is 10.4 Å². The number of hydrogen-bond donors (Lipinski definition) is 1. The smallest absolute Gasteiger partial charge is 0.261 e. The highest BCUT2D eigenvalue weighted by molar-refractivity contribution is 4.66. The fraction of sp³-hybridized carbons (Fsp3) is 0.800. The third-order valence-corrected chi connectivity index (χ3v) is 1.40. The van der Waals surface area contributed by atoms with Crippen LogP contribution in [0.2, 0.25) is 0 Å². The Kier molecular flexibility index (Phi) is 2.64. The first kappa shape index (κ1) is 8.98. The maximum absolute atomic E-state index is 12.5. The van der Waals surface area contributed by atoms with Crippen LogP contribution in [0.15, 0.2) is 6.33 Å². The van der Waals surface area contributed by atoms with E-state index in [0.29, 0.717) is 0 Å². The molecule has 1 aromatic rings. The number of rotatable bonds is 4. The number of nitrogens with two attached hydrogens (primary N) is 1. The molecule has 68 valence electrons. The van der Waals surface area contributed by atoms with Crippen LogP contribution in [0.4, 0.5) is 8.78 Å². The Labute approximate surface area is 67.5 Å². The first-order valence-corrected chi connectivity index (χ1v) is 3.43. The van der Waals surface area contributed by atoms with E-state index >= 15 is 0 Å². The lowest BCUT2D eigenvalue weighted by Gasteiger charge is -2.12. The average molecular weight is 177 g/mol. The number of nitrogens with zero attached hydrogens (tertiary/aromatic N) is 4. The van der Waals surface area contributed by atoms with E-state index in [1.807, 2.05) is 0 Å². The summed E-state index contributed by atoms with van der Waals surface area (Å²) in [5, 5.41) is 10.0. The molecule has 0 aliphatic rings. The van der Waals surface area contributed by atoms with Crippen molar-refractivity contribution in [2.75, 3.05) is 6.54 Å². The Balaban J connectivity index is 2.36. The number of tetrazole rings is 1. The van der Waals surface area contributed by atoms with Crippen LogP contribution in [0.1, 0.15) is 6.42 Å². The molecule has 0 fully saturated rings. The molecule has 0 saturated heterocycles. The number of hydrogen-bond acceptors (Lipinski definition) is 4. The van der Waals surface area contributed by atoms with Gasteiger partial charge in [-0.15, -0.1) is 5.10 Å². The molecule has 1 aromatic heterocycles. The highest BCUT2D eigenvalue weighted by Crippen LogP contribution is 2.16. The van der Waals surface area contributed by atoms with Gasteiger partial charge in [0.25, 0.3) is 5.92 Å². The largest absolute Gasteiger partial charge is 0.325 e. The third kappa shape index (κ3) is 2.50. The number of aromatic nitrogens is 4. The molecule has 12 heavy (non-hydrogen) atoms. The van der Waals surface area contributed by atoms with Gasteiger partial charge in [0.15, 0.2) is 0 Å². The van der Waals surface area contributed by atoms with Crippen molar-refractivity contribution in [2.45, 2.75) is 18.9 Å². The van der Waals surface area contributed by atoms with Crippen LogP contribution in [0.25, 0.3) is 0 Å². The summed E-state index contributed by atoms with van der Waals surface area (Å²) in [4.78, 5) is 0. The second kappa shape index (κ2) is 3.53. The minimum absolute atomic E-state index is 0.0806. The van der Waals surface area contributed by atoms with Crippen LogP contribution in [-0.4, -0.2) is 32.7 Å². The molecule has 0 bridgehead atoms. The van der Waals surface area contributed by atoms with Gasteiger partial charge in [0.05, 0.1) is 13.1 Å². The van der Waals surface area contributed by atoms with Crippen LogP contribution in [0.5, 0.6) is 0 Å². The maximum atomic E-state index is 12.5. The van der Waals surface area contributed by atoms with E-state index in [2.05, 4.69) is 15.5 Å². The molecule has 0 saturated carbocycles. The SMILES string of the molecule is NCC(F)(F)CCn1cnnn1. The molecular weight excluding hydrogens is 168 g/mol. The van der Waals surface area contributed by atoms with Gasteiger partial charge in [-0.3, -0.25) is 0 Å². The average Bonchev–Trinajstić information content (AvgIpc) is 2.53. The second-order valence-corrected chi connectivity index (χ2v) is 2.38. The van der Waals surface area contributed by atoms with Gasteiger partial charge in [-0.25, -0.2) is 13.5 Å². The van der Waals surface area contributed by atoms with Gasteiger partial charge >= 0.3 is 0 Å². The Morgan fingerprint density at radius 2 is 2.25 bits per heavy atom. The molecule has 1 rings (SSSR count). The van der Waals surface area contributed by atoms with Gasteiger partial charge < -0.3 is 5.73 Å². The first-order valence-electron chi connectivity index (χ1n) is 3.43. The van der Waals surface area contributed by atoms with Crippen molar-refractivity contribution in [1.29, 1.82) is 0 Å². The third-order valence-electron chi connectivity index (χ3n) is 1.40. The number of alkyl halides is 2. The van der Waals surface area contributed by atoms with Gasteiger partial charge in [0.1, 0.15) is 6.33 Å². The Bertz CT molecular complexity index is 222. The zero-order valence-electron chi connectivity index (χ0n) is 6.32. The van der Waals surface area contributed by atoms with Gasteiger partial charge in [0.2, 0.25) is 0 Å². The molecule has 0 spiro atoms. The maximum Gasteiger partial charge on any atom is 0.261 e. The van der Waals surface area contributed by atoms with Gasteiger partial charge in [-0.1, -0.05) is 0 Å². The molecular formula is C5H9F2N5. The summed E-state index contributed by atoms with van der Waals surface area (Å²) in [6, 6.07) is 0. The van der Waals surface area contributed by atoms with Crippen molar-refractivity contribution in [3.63, 3.8) is 0 Å². The summed E-state index contributed by atoms with van der Waals surface area (Å²) in [6.07, 6.45) is 0.946. The van der Waals surface area contributed by atoms with Crippen LogP contribution in [-0.2, 0) is 6.54 Å². The minimum Gasteiger partial charge on any atom is -0.325 e. The van der Waals surface area contributed by atoms with E-state index in [0.717, 1.165) is 0 Å². The van der Waals surface area contributed by atoms with E-state index < -0.39 is 12.5 Å². The Hall–Kier alpha value is -1.11. The minimum atomic E-state index is -2.83. The lowest BCUT2D eigenvalue weighted by Crippen LogP contribution is -2.29. The van der Waals surface area contributed by atoms with Crippen LogP contribution < -0.4 is 5.73 Å². The quantitative estimate of drug-likeness (QED) is 0.682. The fourth-order valence-corrected chi connectivity index (χ4v) is 0.663. The van der Waals surface area contributed by atoms with E-state index in [1.165, 1.54) is 11.0 Å². The van der Waals surface area contributed by atoms with Crippen molar-refractivity contribution in [3.05, 3.63) is 6.33 Å². The van der Waals surface area contributed by atoms with E-state index in [1.54, 1.807) is 0 Å². The van der Waals surface area contributed by atoms with Crippen molar-refractivity contribution in [3.8, 4) is 0 Å². The van der Waals surface area contributed by atoms with Crippen LogP contribution in [0, 0.1) is 0 Å². The summed E-state index contributed by atoms with van der Waals surface area (Å²) in [5.41, 5.74) is 4.83. The normalized spacial score (nSPS) is 11.9. The predicted octanol–water partition coefficient (Wildman–Crippen LogP) is -0.343. The van der Waals surface area contributed by atoms with Crippen LogP contribution >= 0.6 is 0 Å². The lowest BCUT2D eigenvalue weighted by atomic mass is 10.2. The van der Waals surface area contributed by atoms with Crippen molar-refractivity contribution in [2.24, 2.45) is 5.73 Å². The lowest BCUT2D eigenvalue weighted by molar-refractivity contribution is -0.00290. The fourth-order valence-electron chi connectivity index (χ4n) is 0.663. The summed E-state index contributed by atoms with van der Waals surface area (Å²) < 4.78 is 26.3. The zero-order chi connectivity index (χ0) is 9.03. The molecule has 0 amide bonds. The summed E-state index contributed by atoms with van der Waals surface area (Å²) in [6.45, 7) is -0.563. The molecule has 5 nitrogen and oxygen atoms in total. The Morgan fingerprint density at radius 1 is 1.50 bits per heavy atom. The predicted molar refractivity (Wildman–Crippen MR) is 36.4 cm³/mol. The van der Waals surface area contributed by atoms with Crippen LogP contribution in [0.3, 0.4) is 0 Å². The molecule has 7 heteroatoms. The number of halogens is 2. The molecule has 0 aliphatic carbocycles. The molecule has 0 aliphatic heterocycles. The molecule has 1 heterocycles. The van der Waals surface area contributed by atoms with E-state index in [4.69, 9.17) is 5.73 Å². The zero-order valence-corrected chi connectivity index (χ0v) is 6.32. The molecule has 2 N–H and O–H groups in total. The van der Waals surface area contributed by atoms with E-state index in [9.17, 15) is 8.78 Å². The highest BCUT2D eigenvalue weighted by atomic mass is 19.3. The Morgan fingerprint density at radius 3 is 2.75 bits per heavy atom. The first-order chi connectivity index (χ1) is 5.64. The van der Waals surface area contributed by atoms with Crippen molar-refractivity contribution >= 4 is 0 Å². The van der Waals surface area contributed by atoms with Gasteiger partial charge in [-0.2, -0.15) is 0 Å². The monoisotopic (exact) mass is 177 g/mol. The molecule has 0 radical (unpaired) electrons. The molecule has 0 unspecified atom stereocenters. The topological polar surface area (TPSA) is 69.6 Å². The second-order valence-electron chi connectivity index (χ2n) is 2.38. The standard InChI is InChI=1S/C5H9F2N5/c6-5(7,3-8)1-2-12-4-9-10-11-12/h4H,1-3,8H2.